The summed E-state index contributed by atoms with van der Waals surface area (Å²) in [6, 6.07) is 14.2. The lowest BCUT2D eigenvalue weighted by Gasteiger charge is -2.16. The Kier molecular flexibility index (Phi) is 5.76. The Labute approximate surface area is 167 Å². The standard InChI is InChI=1S/C21H22N2O2S2/c1-15-9-10-20(27-15)19(24)14-26-21-22-12-18(16-6-3-2-4-7-16)23(21)13-17-8-5-11-25-17/h2-4,6-7,9-10,12,17H,5,8,11,13-14H2,1H3. The van der Waals surface area contributed by atoms with Gasteiger partial charge in [-0.1, -0.05) is 42.1 Å². The number of ether oxygens (including phenoxy) is 1. The fourth-order valence-corrected chi connectivity index (χ4v) is 5.04. The summed E-state index contributed by atoms with van der Waals surface area (Å²) in [7, 11) is 0. The molecule has 1 aliphatic heterocycles. The molecule has 4 rings (SSSR count). The fourth-order valence-electron chi connectivity index (χ4n) is 3.27. The molecule has 1 aromatic carbocycles. The molecule has 3 aromatic rings. The van der Waals surface area contributed by atoms with Crippen molar-refractivity contribution in [3.63, 3.8) is 0 Å². The van der Waals surface area contributed by atoms with E-state index in [9.17, 15) is 4.79 Å². The van der Waals surface area contributed by atoms with Crippen molar-refractivity contribution >= 4 is 28.9 Å². The van der Waals surface area contributed by atoms with Gasteiger partial charge in [-0.3, -0.25) is 4.79 Å². The lowest BCUT2D eigenvalue weighted by Crippen LogP contribution is -2.17. The first-order valence-corrected chi connectivity index (χ1v) is 11.0. The average molecular weight is 399 g/mol. The Morgan fingerprint density at radius 3 is 2.85 bits per heavy atom. The minimum Gasteiger partial charge on any atom is -0.376 e. The lowest BCUT2D eigenvalue weighted by atomic mass is 10.1. The van der Waals surface area contributed by atoms with Crippen molar-refractivity contribution in [1.82, 2.24) is 9.55 Å². The first-order chi connectivity index (χ1) is 13.2. The van der Waals surface area contributed by atoms with Crippen molar-refractivity contribution in [3.8, 4) is 11.3 Å². The molecule has 2 aromatic heterocycles. The van der Waals surface area contributed by atoms with Gasteiger partial charge in [0.2, 0.25) is 0 Å². The molecule has 1 unspecified atom stereocenters. The van der Waals surface area contributed by atoms with E-state index in [2.05, 4.69) is 21.7 Å². The van der Waals surface area contributed by atoms with E-state index in [0.717, 1.165) is 52.2 Å². The van der Waals surface area contributed by atoms with Crippen LogP contribution in [-0.2, 0) is 11.3 Å². The number of Topliss-reactive ketones (excluding diaryl/α,β-unsaturated/α-hetero) is 1. The molecule has 1 aliphatic rings. The van der Waals surface area contributed by atoms with E-state index in [1.54, 1.807) is 11.3 Å². The van der Waals surface area contributed by atoms with Gasteiger partial charge >= 0.3 is 0 Å². The van der Waals surface area contributed by atoms with Crippen LogP contribution in [0.2, 0.25) is 0 Å². The number of imidazole rings is 1. The highest BCUT2D eigenvalue weighted by Crippen LogP contribution is 2.29. The van der Waals surface area contributed by atoms with Gasteiger partial charge in [0.05, 0.1) is 35.2 Å². The molecule has 1 saturated heterocycles. The Hall–Kier alpha value is -1.89. The average Bonchev–Trinajstić information content (AvgIpc) is 3.43. The third kappa shape index (κ3) is 4.34. The van der Waals surface area contributed by atoms with Crippen LogP contribution in [0, 0.1) is 6.92 Å². The smallest absolute Gasteiger partial charge is 0.183 e. The Bertz CT molecular complexity index is 911. The highest BCUT2D eigenvalue weighted by atomic mass is 32.2. The highest BCUT2D eigenvalue weighted by molar-refractivity contribution is 7.99. The highest BCUT2D eigenvalue weighted by Gasteiger charge is 2.21. The summed E-state index contributed by atoms with van der Waals surface area (Å²) in [5.41, 5.74) is 2.21. The van der Waals surface area contributed by atoms with E-state index in [1.807, 2.05) is 43.5 Å². The van der Waals surface area contributed by atoms with Gasteiger partial charge in [0, 0.05) is 11.5 Å². The number of carbonyl (C=O) groups is 1. The van der Waals surface area contributed by atoms with E-state index >= 15 is 0 Å². The van der Waals surface area contributed by atoms with Crippen LogP contribution in [0.1, 0.15) is 27.4 Å². The third-order valence-corrected chi connectivity index (χ3v) is 6.68. The van der Waals surface area contributed by atoms with Crippen molar-refractivity contribution in [1.29, 1.82) is 0 Å². The number of benzene rings is 1. The van der Waals surface area contributed by atoms with Crippen molar-refractivity contribution < 1.29 is 9.53 Å². The first-order valence-electron chi connectivity index (χ1n) is 9.15. The van der Waals surface area contributed by atoms with Crippen molar-refractivity contribution in [2.75, 3.05) is 12.4 Å². The summed E-state index contributed by atoms with van der Waals surface area (Å²) >= 11 is 3.06. The molecule has 0 spiro atoms. The molecular formula is C21H22N2O2S2. The fraction of sp³-hybridized carbons (Fsp3) is 0.333. The molecule has 6 heteroatoms. The minimum absolute atomic E-state index is 0.158. The van der Waals surface area contributed by atoms with Crippen molar-refractivity contribution in [3.05, 3.63) is 58.4 Å². The number of thioether (sulfide) groups is 1. The Morgan fingerprint density at radius 2 is 2.15 bits per heavy atom. The predicted octanol–water partition coefficient (Wildman–Crippen LogP) is 5.07. The molecule has 0 amide bonds. The van der Waals surface area contributed by atoms with Gasteiger partial charge in [0.25, 0.3) is 0 Å². The molecule has 0 N–H and O–H groups in total. The SMILES string of the molecule is Cc1ccc(C(=O)CSc2ncc(-c3ccccc3)n2CC2CCCO2)s1. The summed E-state index contributed by atoms with van der Waals surface area (Å²) in [5, 5.41) is 0.881. The zero-order chi connectivity index (χ0) is 18.6. The van der Waals surface area contributed by atoms with Crippen LogP contribution >= 0.6 is 23.1 Å². The number of ketones is 1. The number of thiophene rings is 1. The quantitative estimate of drug-likeness (QED) is 0.411. The van der Waals surface area contributed by atoms with Crippen LogP contribution in [0.5, 0.6) is 0 Å². The number of aromatic nitrogens is 2. The zero-order valence-electron chi connectivity index (χ0n) is 15.3. The molecule has 140 valence electrons. The molecule has 0 saturated carbocycles. The molecule has 1 fully saturated rings. The third-order valence-electron chi connectivity index (χ3n) is 4.65. The summed E-state index contributed by atoms with van der Waals surface area (Å²) in [6.45, 7) is 3.63. The molecule has 27 heavy (non-hydrogen) atoms. The van der Waals surface area contributed by atoms with Crippen LogP contribution in [0.3, 0.4) is 0 Å². The maximum absolute atomic E-state index is 12.5. The van der Waals surface area contributed by atoms with E-state index < -0.39 is 0 Å². The predicted molar refractivity (Wildman–Crippen MR) is 111 cm³/mol. The summed E-state index contributed by atoms with van der Waals surface area (Å²) < 4.78 is 8.06. The van der Waals surface area contributed by atoms with Gasteiger partial charge in [0.15, 0.2) is 10.9 Å². The molecule has 0 bridgehead atoms. The van der Waals surface area contributed by atoms with Gasteiger partial charge in [-0.15, -0.1) is 11.3 Å². The first kappa shape index (κ1) is 18.5. The lowest BCUT2D eigenvalue weighted by molar-refractivity contribution is 0.0954. The number of nitrogens with zero attached hydrogens (tertiary/aromatic N) is 2. The van der Waals surface area contributed by atoms with Crippen molar-refractivity contribution in [2.24, 2.45) is 0 Å². The normalized spacial score (nSPS) is 16.7. The summed E-state index contributed by atoms with van der Waals surface area (Å²) in [6.07, 6.45) is 4.31. The van der Waals surface area contributed by atoms with E-state index in [4.69, 9.17) is 4.74 Å². The van der Waals surface area contributed by atoms with Crippen LogP contribution in [0.25, 0.3) is 11.3 Å². The number of aryl methyl sites for hydroxylation is 1. The van der Waals surface area contributed by atoms with Gasteiger partial charge in [-0.05, 0) is 37.5 Å². The second-order valence-corrected chi connectivity index (χ2v) is 8.89. The number of rotatable bonds is 7. The maximum Gasteiger partial charge on any atom is 0.183 e. The van der Waals surface area contributed by atoms with E-state index in [-0.39, 0.29) is 11.9 Å². The maximum atomic E-state index is 12.5. The van der Waals surface area contributed by atoms with Gasteiger partial charge in [-0.25, -0.2) is 4.98 Å². The number of hydrogen-bond acceptors (Lipinski definition) is 5. The summed E-state index contributed by atoms with van der Waals surface area (Å²) in [4.78, 5) is 19.1. The van der Waals surface area contributed by atoms with Gasteiger partial charge in [-0.2, -0.15) is 0 Å². The van der Waals surface area contributed by atoms with Gasteiger partial charge in [0.1, 0.15) is 0 Å². The second-order valence-electron chi connectivity index (χ2n) is 6.66. The number of hydrogen-bond donors (Lipinski definition) is 0. The Balaban J connectivity index is 1.55. The Morgan fingerprint density at radius 1 is 1.30 bits per heavy atom. The van der Waals surface area contributed by atoms with E-state index in [0.29, 0.717) is 5.75 Å². The van der Waals surface area contributed by atoms with Crippen LogP contribution in [0.15, 0.2) is 53.8 Å². The van der Waals surface area contributed by atoms with Crippen LogP contribution < -0.4 is 0 Å². The van der Waals surface area contributed by atoms with Gasteiger partial charge < -0.3 is 9.30 Å². The van der Waals surface area contributed by atoms with Crippen LogP contribution in [-0.4, -0.2) is 33.8 Å². The minimum atomic E-state index is 0.158. The molecular weight excluding hydrogens is 376 g/mol. The van der Waals surface area contributed by atoms with E-state index in [1.165, 1.54) is 11.8 Å². The molecule has 0 radical (unpaired) electrons. The zero-order valence-corrected chi connectivity index (χ0v) is 16.9. The molecule has 1 atom stereocenters. The molecule has 0 aliphatic carbocycles. The number of carbonyl (C=O) groups excluding carboxylic acids is 1. The second kappa shape index (κ2) is 8.42. The topological polar surface area (TPSA) is 44.1 Å². The molecule has 3 heterocycles. The van der Waals surface area contributed by atoms with Crippen molar-refractivity contribution in [2.45, 2.75) is 37.6 Å². The molecule has 4 nitrogen and oxygen atoms in total. The summed E-state index contributed by atoms with van der Waals surface area (Å²) in [5.74, 6) is 0.558. The monoisotopic (exact) mass is 398 g/mol. The van der Waals surface area contributed by atoms with Crippen LogP contribution in [0.4, 0.5) is 0 Å². The largest absolute Gasteiger partial charge is 0.376 e.